The summed E-state index contributed by atoms with van der Waals surface area (Å²) in [5.74, 6) is 1.08. The number of piperidine rings is 1. The SMILES string of the molecule is Cc1cc(Nc2ncc(C)s2)nc(C2CCCN(C(=O)c3ccc(F)cc3)C2)n1. The standard InChI is InChI=1S/C21H22FN5OS/c1-13-10-18(26-21-23-11-14(2)29-21)25-19(24-13)16-4-3-9-27(12-16)20(28)15-5-7-17(22)8-6-15/h5-8,10-11,16H,3-4,9,12H2,1-2H3,(H,23,24,25,26). The van der Waals surface area contributed by atoms with Gasteiger partial charge in [-0.3, -0.25) is 4.79 Å². The van der Waals surface area contributed by atoms with E-state index in [9.17, 15) is 9.18 Å². The summed E-state index contributed by atoms with van der Waals surface area (Å²) in [6, 6.07) is 7.59. The molecule has 3 heterocycles. The highest BCUT2D eigenvalue weighted by atomic mass is 32.1. The zero-order chi connectivity index (χ0) is 20.4. The molecule has 1 atom stereocenters. The molecular weight excluding hydrogens is 389 g/mol. The summed E-state index contributed by atoms with van der Waals surface area (Å²) in [5.41, 5.74) is 1.37. The molecular formula is C21H22FN5OS. The Morgan fingerprint density at radius 2 is 2.03 bits per heavy atom. The van der Waals surface area contributed by atoms with Crippen molar-refractivity contribution < 1.29 is 9.18 Å². The molecule has 1 aliphatic rings. The van der Waals surface area contributed by atoms with Crippen LogP contribution in [0.5, 0.6) is 0 Å². The Balaban J connectivity index is 1.51. The van der Waals surface area contributed by atoms with E-state index in [0.717, 1.165) is 34.4 Å². The second-order valence-corrected chi connectivity index (χ2v) is 8.49. The lowest BCUT2D eigenvalue weighted by molar-refractivity contribution is 0.0704. The van der Waals surface area contributed by atoms with Gasteiger partial charge in [0.1, 0.15) is 17.5 Å². The van der Waals surface area contributed by atoms with E-state index < -0.39 is 0 Å². The average molecular weight is 412 g/mol. The molecule has 1 saturated heterocycles. The van der Waals surface area contributed by atoms with Gasteiger partial charge in [-0.05, 0) is 51.0 Å². The molecule has 1 aliphatic heterocycles. The second kappa shape index (κ2) is 8.24. The predicted molar refractivity (Wildman–Crippen MR) is 111 cm³/mol. The van der Waals surface area contributed by atoms with E-state index in [-0.39, 0.29) is 17.6 Å². The fourth-order valence-electron chi connectivity index (χ4n) is 3.51. The fourth-order valence-corrected chi connectivity index (χ4v) is 4.18. The number of nitrogens with one attached hydrogen (secondary N) is 1. The van der Waals surface area contributed by atoms with E-state index in [2.05, 4.69) is 15.3 Å². The van der Waals surface area contributed by atoms with Crippen LogP contribution in [0.3, 0.4) is 0 Å². The Morgan fingerprint density at radius 1 is 1.24 bits per heavy atom. The molecule has 1 unspecified atom stereocenters. The smallest absolute Gasteiger partial charge is 0.253 e. The molecule has 1 fully saturated rings. The topological polar surface area (TPSA) is 71.0 Å². The van der Waals surface area contributed by atoms with Crippen LogP contribution in [-0.4, -0.2) is 38.8 Å². The van der Waals surface area contributed by atoms with Crippen LogP contribution in [0.15, 0.2) is 36.5 Å². The van der Waals surface area contributed by atoms with Crippen LogP contribution < -0.4 is 5.32 Å². The van der Waals surface area contributed by atoms with Crippen LogP contribution in [0.25, 0.3) is 0 Å². The molecule has 1 amide bonds. The van der Waals surface area contributed by atoms with Crippen LogP contribution in [0.4, 0.5) is 15.3 Å². The fraction of sp³-hybridized carbons (Fsp3) is 0.333. The third-order valence-corrected chi connectivity index (χ3v) is 5.72. The summed E-state index contributed by atoms with van der Waals surface area (Å²) < 4.78 is 13.2. The molecule has 150 valence electrons. The molecule has 4 rings (SSSR count). The van der Waals surface area contributed by atoms with Gasteiger partial charge >= 0.3 is 0 Å². The highest BCUT2D eigenvalue weighted by Crippen LogP contribution is 2.28. The maximum Gasteiger partial charge on any atom is 0.253 e. The van der Waals surface area contributed by atoms with Crippen LogP contribution in [-0.2, 0) is 0 Å². The minimum absolute atomic E-state index is 0.0617. The second-order valence-electron chi connectivity index (χ2n) is 7.25. The number of hydrogen-bond donors (Lipinski definition) is 1. The lowest BCUT2D eigenvalue weighted by Crippen LogP contribution is -2.39. The van der Waals surface area contributed by atoms with Gasteiger partial charge in [-0.25, -0.2) is 19.3 Å². The Hall–Kier alpha value is -2.87. The molecule has 0 aliphatic carbocycles. The van der Waals surface area contributed by atoms with Crippen LogP contribution in [0.1, 0.15) is 45.5 Å². The van der Waals surface area contributed by atoms with E-state index >= 15 is 0 Å². The summed E-state index contributed by atoms with van der Waals surface area (Å²) in [4.78, 5) is 29.4. The van der Waals surface area contributed by atoms with Gasteiger partial charge in [-0.15, -0.1) is 11.3 Å². The molecule has 0 radical (unpaired) electrons. The number of thiazole rings is 1. The van der Waals surface area contributed by atoms with Gasteiger partial charge < -0.3 is 10.2 Å². The minimum atomic E-state index is -0.346. The van der Waals surface area contributed by atoms with Crippen molar-refractivity contribution >= 4 is 28.2 Å². The first kappa shape index (κ1) is 19.4. The van der Waals surface area contributed by atoms with Crippen molar-refractivity contribution in [2.75, 3.05) is 18.4 Å². The van der Waals surface area contributed by atoms with Crippen molar-refractivity contribution in [2.24, 2.45) is 0 Å². The number of carbonyl (C=O) groups is 1. The Morgan fingerprint density at radius 3 is 2.76 bits per heavy atom. The summed E-state index contributed by atoms with van der Waals surface area (Å²) in [6.45, 7) is 5.18. The highest BCUT2D eigenvalue weighted by molar-refractivity contribution is 7.15. The maximum atomic E-state index is 13.2. The number of aryl methyl sites for hydroxylation is 2. The van der Waals surface area contributed by atoms with E-state index in [1.54, 1.807) is 11.3 Å². The van der Waals surface area contributed by atoms with Crippen LogP contribution >= 0.6 is 11.3 Å². The van der Waals surface area contributed by atoms with Gasteiger partial charge in [0.05, 0.1) is 0 Å². The first-order valence-electron chi connectivity index (χ1n) is 9.58. The number of rotatable bonds is 4. The first-order chi connectivity index (χ1) is 14.0. The Bertz CT molecular complexity index is 1020. The molecule has 1 aromatic carbocycles. The van der Waals surface area contributed by atoms with Crippen LogP contribution in [0, 0.1) is 19.7 Å². The molecule has 2 aromatic heterocycles. The van der Waals surface area contributed by atoms with Crippen molar-refractivity contribution in [3.05, 3.63) is 64.3 Å². The normalized spacial score (nSPS) is 16.7. The quantitative estimate of drug-likeness (QED) is 0.687. The van der Waals surface area contributed by atoms with Gasteiger partial charge in [0.15, 0.2) is 5.13 Å². The number of aromatic nitrogens is 3. The molecule has 1 N–H and O–H groups in total. The van der Waals surface area contributed by atoms with Gasteiger partial charge in [-0.1, -0.05) is 0 Å². The molecule has 0 spiro atoms. The number of anilines is 2. The number of amides is 1. The van der Waals surface area contributed by atoms with Crippen molar-refractivity contribution in [3.8, 4) is 0 Å². The predicted octanol–water partition coefficient (Wildman–Crippen LogP) is 4.45. The lowest BCUT2D eigenvalue weighted by atomic mass is 9.96. The van der Waals surface area contributed by atoms with Crippen molar-refractivity contribution in [3.63, 3.8) is 0 Å². The molecule has 8 heteroatoms. The van der Waals surface area contributed by atoms with Gasteiger partial charge in [-0.2, -0.15) is 0 Å². The third-order valence-electron chi connectivity index (χ3n) is 4.89. The third kappa shape index (κ3) is 4.59. The lowest BCUT2D eigenvalue weighted by Gasteiger charge is -2.32. The van der Waals surface area contributed by atoms with Gasteiger partial charge in [0.2, 0.25) is 0 Å². The largest absolute Gasteiger partial charge is 0.338 e. The molecule has 29 heavy (non-hydrogen) atoms. The zero-order valence-corrected chi connectivity index (χ0v) is 17.2. The van der Waals surface area contributed by atoms with Gasteiger partial charge in [0, 0.05) is 47.4 Å². The molecule has 6 nitrogen and oxygen atoms in total. The Kier molecular flexibility index (Phi) is 5.53. The average Bonchev–Trinajstić information content (AvgIpc) is 3.12. The molecule has 3 aromatic rings. The molecule has 0 saturated carbocycles. The molecule has 0 bridgehead atoms. The summed E-state index contributed by atoms with van der Waals surface area (Å²) in [5, 5.41) is 4.05. The van der Waals surface area contributed by atoms with E-state index in [1.165, 1.54) is 24.3 Å². The Labute approximate surface area is 172 Å². The summed E-state index contributed by atoms with van der Waals surface area (Å²) >= 11 is 1.57. The highest BCUT2D eigenvalue weighted by Gasteiger charge is 2.27. The van der Waals surface area contributed by atoms with E-state index in [0.29, 0.717) is 24.5 Å². The number of benzene rings is 1. The number of halogens is 1. The number of carbonyl (C=O) groups excluding carboxylic acids is 1. The summed E-state index contributed by atoms with van der Waals surface area (Å²) in [7, 11) is 0. The van der Waals surface area contributed by atoms with E-state index in [1.807, 2.05) is 31.0 Å². The first-order valence-corrected chi connectivity index (χ1v) is 10.4. The van der Waals surface area contributed by atoms with Gasteiger partial charge in [0.25, 0.3) is 5.91 Å². The monoisotopic (exact) mass is 411 g/mol. The number of likely N-dealkylation sites (tertiary alicyclic amines) is 1. The zero-order valence-electron chi connectivity index (χ0n) is 16.4. The van der Waals surface area contributed by atoms with Crippen LogP contribution in [0.2, 0.25) is 0 Å². The summed E-state index contributed by atoms with van der Waals surface area (Å²) in [6.07, 6.45) is 3.62. The van der Waals surface area contributed by atoms with Crippen molar-refractivity contribution in [2.45, 2.75) is 32.6 Å². The van der Waals surface area contributed by atoms with Crippen molar-refractivity contribution in [1.29, 1.82) is 0 Å². The minimum Gasteiger partial charge on any atom is -0.338 e. The van der Waals surface area contributed by atoms with E-state index in [4.69, 9.17) is 4.98 Å². The van der Waals surface area contributed by atoms with Crippen molar-refractivity contribution in [1.82, 2.24) is 19.9 Å². The maximum absolute atomic E-state index is 13.2. The number of nitrogens with zero attached hydrogens (tertiary/aromatic N) is 4. The number of hydrogen-bond acceptors (Lipinski definition) is 6.